The number of halogens is 3. The molecule has 1 atom stereocenters. The molecule has 1 aliphatic rings. The number of hydrogen-bond acceptors (Lipinski definition) is 0. The van der Waals surface area contributed by atoms with Gasteiger partial charge in [-0.1, -0.05) is 0 Å². The number of unbranched alkanes of at least 4 members (excludes halogenated alkanes) is 3. The smallest absolute Gasteiger partial charge is 1.00 e. The maximum absolute atomic E-state index is 2.61. The summed E-state index contributed by atoms with van der Waals surface area (Å²) in [6, 6.07) is 29.5. The average molecular weight is 674 g/mol. The van der Waals surface area contributed by atoms with E-state index in [0.717, 1.165) is 6.42 Å². The van der Waals surface area contributed by atoms with E-state index in [-0.39, 0.29) is 40.6 Å². The fourth-order valence-electron chi connectivity index (χ4n) is 6.20. The first-order chi connectivity index (χ1) is 19.0. The Kier molecular flexibility index (Phi) is 17.3. The van der Waals surface area contributed by atoms with Gasteiger partial charge in [0.15, 0.2) is 0 Å². The first-order valence-corrected chi connectivity index (χ1v) is 18.2. The minimum Gasteiger partial charge on any atom is -1.00 e. The maximum Gasteiger partial charge on any atom is -1.00 e. The third-order valence-electron chi connectivity index (χ3n) is 8.62. The van der Waals surface area contributed by atoms with Gasteiger partial charge in [0, 0.05) is 0 Å². The van der Waals surface area contributed by atoms with E-state index in [2.05, 4.69) is 139 Å². The zero-order chi connectivity index (χ0) is 27.7. The molecule has 0 nitrogen and oxygen atoms in total. The Morgan fingerprint density at radius 3 is 1.14 bits per heavy atom. The second-order valence-electron chi connectivity index (χ2n) is 11.4. The quantitative estimate of drug-likeness (QED) is 0.158. The van der Waals surface area contributed by atoms with Crippen LogP contribution in [0.3, 0.4) is 0 Å². The van der Waals surface area contributed by atoms with Gasteiger partial charge in [0.2, 0.25) is 0 Å². The summed E-state index contributed by atoms with van der Waals surface area (Å²) in [5, 5.41) is 4.56. The van der Waals surface area contributed by atoms with Gasteiger partial charge < -0.3 is 37.2 Å². The van der Waals surface area contributed by atoms with Crippen molar-refractivity contribution in [1.82, 2.24) is 0 Å². The summed E-state index contributed by atoms with van der Waals surface area (Å²) in [6.45, 7) is 9.14. The summed E-state index contributed by atoms with van der Waals surface area (Å²) in [5.74, 6) is 0. The molecule has 3 aromatic carbocycles. The van der Waals surface area contributed by atoms with Gasteiger partial charge in [-0.3, -0.25) is 0 Å². The molecule has 3 aromatic rings. The first-order valence-electron chi connectivity index (χ1n) is 15.4. The molecule has 0 heterocycles. The van der Waals surface area contributed by atoms with E-state index in [9.17, 15) is 0 Å². The molecule has 0 saturated carbocycles. The molecule has 224 valence electrons. The normalized spacial score (nSPS) is 15.8. The fourth-order valence-corrected chi connectivity index (χ4v) is 13.8. The van der Waals surface area contributed by atoms with Crippen molar-refractivity contribution in [3.63, 3.8) is 0 Å². The monoisotopic (exact) mass is 672 g/mol. The molecule has 0 aliphatic heterocycles. The van der Waals surface area contributed by atoms with Crippen molar-refractivity contribution in [2.75, 3.05) is 0 Å². The van der Waals surface area contributed by atoms with Gasteiger partial charge in [-0.25, -0.2) is 0 Å². The Labute approximate surface area is 287 Å². The van der Waals surface area contributed by atoms with E-state index in [1.807, 2.05) is 0 Å². The minimum atomic E-state index is -2.50. The zero-order valence-corrected chi connectivity index (χ0v) is 30.7. The van der Waals surface area contributed by atoms with E-state index in [1.165, 1.54) is 95.6 Å². The molecule has 0 bridgehead atoms. The number of hydrogen-bond donors (Lipinski definition) is 0. The van der Waals surface area contributed by atoms with Gasteiger partial charge in [-0.15, -0.1) is 0 Å². The van der Waals surface area contributed by atoms with Crippen LogP contribution in [0.4, 0.5) is 0 Å². The van der Waals surface area contributed by atoms with Crippen LogP contribution in [0.1, 0.15) is 89.3 Å². The Morgan fingerprint density at radius 1 is 0.548 bits per heavy atom. The maximum atomic E-state index is 2.61. The number of aryl methyl sites for hydroxylation is 3. The molecule has 0 saturated heterocycles. The van der Waals surface area contributed by atoms with Crippen LogP contribution >= 0.6 is 0 Å². The molecular weight excluding hydrogens is 627 g/mol. The van der Waals surface area contributed by atoms with Gasteiger partial charge in [0.1, 0.15) is 0 Å². The van der Waals surface area contributed by atoms with Crippen LogP contribution < -0.4 is 52.8 Å². The third kappa shape index (κ3) is 8.56. The van der Waals surface area contributed by atoms with Crippen molar-refractivity contribution in [3.8, 4) is 0 Å². The number of benzene rings is 3. The largest absolute Gasteiger partial charge is 1.00 e. The van der Waals surface area contributed by atoms with Crippen molar-refractivity contribution >= 4 is 23.6 Å². The summed E-state index contributed by atoms with van der Waals surface area (Å²) >= 11 is 2.51. The molecule has 0 fully saturated rings. The molecular formula is C37H47Cl3SiTi. The van der Waals surface area contributed by atoms with Gasteiger partial charge >= 0.3 is 253 Å². The topological polar surface area (TPSA) is 0 Å². The predicted molar refractivity (Wildman–Crippen MR) is 170 cm³/mol. The fraction of sp³-hybridized carbons (Fsp3) is 0.405. The van der Waals surface area contributed by atoms with E-state index in [0.29, 0.717) is 0 Å². The van der Waals surface area contributed by atoms with Crippen molar-refractivity contribution < 1.29 is 57.7 Å². The Balaban J connectivity index is 0.00000294. The predicted octanol–water partition coefficient (Wildman–Crippen LogP) is -0.652. The number of rotatable bonds is 14. The Bertz CT molecular complexity index is 1120. The molecule has 0 radical (unpaired) electrons. The van der Waals surface area contributed by atoms with Crippen LogP contribution in [0.15, 0.2) is 96.6 Å². The van der Waals surface area contributed by atoms with Crippen LogP contribution in [0.25, 0.3) is 0 Å². The van der Waals surface area contributed by atoms with E-state index in [1.54, 1.807) is 0 Å². The Hall–Kier alpha value is -1.06. The second-order valence-corrected chi connectivity index (χ2v) is 17.6. The SMILES string of the molecule is CCCCc1ccc([Si](c2ccc(CCCC)cc2)(c2ccc(CCCC)cc2)[C]2([Ti+3])C=CC(CC)=C2)cc1.[Cl-].[Cl-].[Cl-]. The van der Waals surface area contributed by atoms with Gasteiger partial charge in [0.25, 0.3) is 0 Å². The van der Waals surface area contributed by atoms with Crippen LogP contribution in [-0.2, 0) is 39.7 Å². The molecule has 1 aliphatic carbocycles. The third-order valence-corrected chi connectivity index (χ3v) is 16.0. The van der Waals surface area contributed by atoms with Crippen molar-refractivity contribution in [3.05, 3.63) is 113 Å². The second kappa shape index (κ2) is 18.7. The van der Waals surface area contributed by atoms with E-state index >= 15 is 0 Å². The summed E-state index contributed by atoms with van der Waals surface area (Å²) in [5.41, 5.74) is 5.86. The molecule has 0 amide bonds. The van der Waals surface area contributed by atoms with Gasteiger partial charge in [-0.2, -0.15) is 0 Å². The van der Waals surface area contributed by atoms with Crippen molar-refractivity contribution in [1.29, 1.82) is 0 Å². The van der Waals surface area contributed by atoms with Gasteiger partial charge in [-0.05, 0) is 0 Å². The first kappa shape index (κ1) is 39.0. The minimum absolute atomic E-state index is 0. The molecule has 4 rings (SSSR count). The van der Waals surface area contributed by atoms with Crippen LogP contribution in [0, 0.1) is 0 Å². The molecule has 5 heteroatoms. The van der Waals surface area contributed by atoms with E-state index < -0.39 is 8.07 Å². The summed E-state index contributed by atoms with van der Waals surface area (Å²) in [6.07, 6.45) is 19.6. The molecule has 0 N–H and O–H groups in total. The van der Waals surface area contributed by atoms with Crippen molar-refractivity contribution in [2.24, 2.45) is 0 Å². The van der Waals surface area contributed by atoms with Crippen LogP contribution in [-0.4, -0.2) is 8.07 Å². The number of allylic oxidation sites excluding steroid dienone is 4. The zero-order valence-electron chi connectivity index (χ0n) is 25.9. The van der Waals surface area contributed by atoms with E-state index in [4.69, 9.17) is 0 Å². The summed E-state index contributed by atoms with van der Waals surface area (Å²) in [7, 11) is -2.50. The molecule has 1 unspecified atom stereocenters. The molecule has 0 aromatic heterocycles. The summed E-state index contributed by atoms with van der Waals surface area (Å²) < 4.78 is -0.0425. The van der Waals surface area contributed by atoms with Crippen molar-refractivity contribution in [2.45, 2.75) is 95.2 Å². The van der Waals surface area contributed by atoms with Crippen LogP contribution in [0.2, 0.25) is 3.34 Å². The standard InChI is InChI=1S/C37H47Si.3ClH.Ti/c1-5-9-12-31-16-22-34(23-17-31)38(37-28-15-30(8-4)29-37,35-24-18-32(19-25-35)13-10-6-2)36-26-20-33(21-27-36)14-11-7-3;;;;/h15-29H,5-14H2,1-4H3;3*1H;/q;;;;+3/p-3. The average Bonchev–Trinajstić information content (AvgIpc) is 3.38. The Morgan fingerprint density at radius 2 is 0.881 bits per heavy atom. The van der Waals surface area contributed by atoms with Gasteiger partial charge in [0.05, 0.1) is 0 Å². The molecule has 42 heavy (non-hydrogen) atoms. The molecule has 0 spiro atoms. The van der Waals surface area contributed by atoms with Crippen LogP contribution in [0.5, 0.6) is 0 Å². The summed E-state index contributed by atoms with van der Waals surface area (Å²) in [4.78, 5) is 0.